The maximum Gasteiger partial charge on any atom is 0.482 e. The van der Waals surface area contributed by atoms with Crippen LogP contribution < -0.4 is 5.32 Å². The summed E-state index contributed by atoms with van der Waals surface area (Å²) in [5, 5.41) is 4.27. The van der Waals surface area contributed by atoms with Gasteiger partial charge in [-0.15, -0.1) is 0 Å². The SMILES string of the molecule is CO[C@@H](C(=O)N[C@@H](Cc1coc2ccccc12)B1OC2CC3CC(C3(C)C)[C@]2(C)O1)c1ccccc1. The Labute approximate surface area is 212 Å². The lowest BCUT2D eigenvalue weighted by atomic mass is 9.43. The van der Waals surface area contributed by atoms with E-state index in [0.29, 0.717) is 18.3 Å². The molecule has 2 aromatic carbocycles. The molecule has 7 heteroatoms. The molecule has 3 unspecified atom stereocenters. The van der Waals surface area contributed by atoms with E-state index >= 15 is 0 Å². The van der Waals surface area contributed by atoms with Gasteiger partial charge in [-0.1, -0.05) is 62.4 Å². The van der Waals surface area contributed by atoms with E-state index in [1.807, 2.05) is 54.6 Å². The second kappa shape index (κ2) is 8.75. The molecule has 3 aliphatic carbocycles. The number of furan rings is 1. The molecular formula is C29H34BNO5. The van der Waals surface area contributed by atoms with Gasteiger partial charge in [0.1, 0.15) is 5.58 Å². The predicted molar refractivity (Wildman–Crippen MR) is 138 cm³/mol. The minimum Gasteiger partial charge on any atom is -0.464 e. The Morgan fingerprint density at radius 3 is 2.61 bits per heavy atom. The van der Waals surface area contributed by atoms with Crippen molar-refractivity contribution in [1.82, 2.24) is 5.32 Å². The predicted octanol–water partition coefficient (Wildman–Crippen LogP) is 5.12. The summed E-state index contributed by atoms with van der Waals surface area (Å²) in [6.45, 7) is 6.90. The Bertz CT molecular complexity index is 1260. The van der Waals surface area contributed by atoms with E-state index in [4.69, 9.17) is 18.5 Å². The van der Waals surface area contributed by atoms with Gasteiger partial charge in [-0.2, -0.15) is 0 Å². The summed E-state index contributed by atoms with van der Waals surface area (Å²) in [5.74, 6) is 0.492. The third-order valence-electron chi connectivity index (χ3n) is 9.20. The quantitative estimate of drug-likeness (QED) is 0.469. The van der Waals surface area contributed by atoms with Crippen LogP contribution in [0.5, 0.6) is 0 Å². The first-order valence-corrected chi connectivity index (χ1v) is 13.0. The number of carbonyl (C=O) groups is 1. The second-order valence-electron chi connectivity index (χ2n) is 11.4. The number of hydrogen-bond donors (Lipinski definition) is 1. The number of amides is 1. The molecular weight excluding hydrogens is 453 g/mol. The zero-order chi connectivity index (χ0) is 25.1. The van der Waals surface area contributed by atoms with Crippen molar-refractivity contribution < 1.29 is 23.3 Å². The molecule has 4 aliphatic rings. The van der Waals surface area contributed by atoms with Gasteiger partial charge >= 0.3 is 7.12 Å². The molecule has 1 N–H and O–H groups in total. The van der Waals surface area contributed by atoms with Crippen molar-refractivity contribution in [2.45, 2.75) is 63.8 Å². The van der Waals surface area contributed by atoms with E-state index in [9.17, 15) is 4.79 Å². The Morgan fingerprint density at radius 2 is 1.86 bits per heavy atom. The van der Waals surface area contributed by atoms with Crippen LogP contribution in [0.15, 0.2) is 65.3 Å². The van der Waals surface area contributed by atoms with Gasteiger partial charge in [-0.3, -0.25) is 4.79 Å². The number of nitrogens with one attached hydrogen (secondary N) is 1. The fraction of sp³-hybridized carbons (Fsp3) is 0.483. The van der Waals surface area contributed by atoms with Gasteiger partial charge in [0.05, 0.1) is 23.9 Å². The highest BCUT2D eigenvalue weighted by Crippen LogP contribution is 2.65. The lowest BCUT2D eigenvalue weighted by molar-refractivity contribution is -0.199. The van der Waals surface area contributed by atoms with Crippen molar-refractivity contribution >= 4 is 24.0 Å². The summed E-state index contributed by atoms with van der Waals surface area (Å²) in [6.07, 6.45) is 3.79. The van der Waals surface area contributed by atoms with E-state index in [1.165, 1.54) is 6.42 Å². The third kappa shape index (κ3) is 3.71. The summed E-state index contributed by atoms with van der Waals surface area (Å²) in [5.41, 5.74) is 2.54. The number of benzene rings is 2. The highest BCUT2D eigenvalue weighted by molar-refractivity contribution is 6.48. The monoisotopic (exact) mass is 487 g/mol. The zero-order valence-corrected chi connectivity index (χ0v) is 21.4. The normalized spacial score (nSPS) is 29.9. The zero-order valence-electron chi connectivity index (χ0n) is 21.4. The maximum atomic E-state index is 13.5. The van der Waals surface area contributed by atoms with Crippen LogP contribution in [0.25, 0.3) is 11.0 Å². The molecule has 3 saturated carbocycles. The summed E-state index contributed by atoms with van der Waals surface area (Å²) in [4.78, 5) is 13.5. The molecule has 7 rings (SSSR count). The molecule has 1 saturated heterocycles. The summed E-state index contributed by atoms with van der Waals surface area (Å²) in [7, 11) is 1.00. The number of methoxy groups -OCH3 is 1. The molecule has 6 atom stereocenters. The fourth-order valence-corrected chi connectivity index (χ4v) is 6.99. The molecule has 2 heterocycles. The Hall–Kier alpha value is -2.61. The van der Waals surface area contributed by atoms with Gasteiger partial charge in [-0.25, -0.2) is 0 Å². The fourth-order valence-electron chi connectivity index (χ4n) is 6.99. The molecule has 0 radical (unpaired) electrons. The smallest absolute Gasteiger partial charge is 0.464 e. The third-order valence-corrected chi connectivity index (χ3v) is 9.20. The maximum absolute atomic E-state index is 13.5. The van der Waals surface area contributed by atoms with Crippen LogP contribution in [0.2, 0.25) is 0 Å². The molecule has 0 spiro atoms. The molecule has 1 amide bonds. The van der Waals surface area contributed by atoms with Crippen molar-refractivity contribution in [1.29, 1.82) is 0 Å². The van der Waals surface area contributed by atoms with Gasteiger partial charge in [0.2, 0.25) is 0 Å². The molecule has 36 heavy (non-hydrogen) atoms. The van der Waals surface area contributed by atoms with Crippen molar-refractivity contribution in [2.24, 2.45) is 17.3 Å². The van der Waals surface area contributed by atoms with Crippen molar-refractivity contribution in [2.75, 3.05) is 7.11 Å². The van der Waals surface area contributed by atoms with Gasteiger partial charge in [-0.05, 0) is 60.6 Å². The molecule has 1 aliphatic heterocycles. The molecule has 2 bridgehead atoms. The topological polar surface area (TPSA) is 69.9 Å². The molecule has 6 nitrogen and oxygen atoms in total. The van der Waals surface area contributed by atoms with E-state index < -0.39 is 19.2 Å². The lowest BCUT2D eigenvalue weighted by Crippen LogP contribution is -2.65. The van der Waals surface area contributed by atoms with Crippen LogP contribution in [-0.2, 0) is 25.3 Å². The van der Waals surface area contributed by atoms with Gasteiger partial charge in [0, 0.05) is 12.5 Å². The van der Waals surface area contributed by atoms with Gasteiger partial charge in [0.25, 0.3) is 5.91 Å². The van der Waals surface area contributed by atoms with Crippen LogP contribution in [0.3, 0.4) is 0 Å². The van der Waals surface area contributed by atoms with E-state index in [-0.39, 0.29) is 23.0 Å². The Balaban J connectivity index is 1.29. The summed E-state index contributed by atoms with van der Waals surface area (Å²) in [6, 6.07) is 17.5. The highest BCUT2D eigenvalue weighted by atomic mass is 16.7. The highest BCUT2D eigenvalue weighted by Gasteiger charge is 2.68. The first-order chi connectivity index (χ1) is 17.3. The summed E-state index contributed by atoms with van der Waals surface area (Å²) < 4.78 is 24.8. The Morgan fingerprint density at radius 1 is 1.11 bits per heavy atom. The molecule has 1 aromatic heterocycles. The van der Waals surface area contributed by atoms with E-state index in [2.05, 4.69) is 26.1 Å². The van der Waals surface area contributed by atoms with Crippen molar-refractivity contribution in [3.8, 4) is 0 Å². The largest absolute Gasteiger partial charge is 0.482 e. The second-order valence-corrected chi connectivity index (χ2v) is 11.4. The first-order valence-electron chi connectivity index (χ1n) is 13.0. The first kappa shape index (κ1) is 23.8. The van der Waals surface area contributed by atoms with Crippen LogP contribution in [0.4, 0.5) is 0 Å². The summed E-state index contributed by atoms with van der Waals surface area (Å²) >= 11 is 0. The minimum absolute atomic E-state index is 0.0344. The van der Waals surface area contributed by atoms with Crippen molar-refractivity contribution in [3.05, 3.63) is 72.0 Å². The van der Waals surface area contributed by atoms with Gasteiger partial charge < -0.3 is 23.8 Å². The average Bonchev–Trinajstić information content (AvgIpc) is 3.45. The molecule has 4 fully saturated rings. The molecule has 3 aromatic rings. The number of hydrogen-bond acceptors (Lipinski definition) is 5. The average molecular weight is 487 g/mol. The number of ether oxygens (including phenoxy) is 1. The van der Waals surface area contributed by atoms with Crippen LogP contribution in [0, 0.1) is 17.3 Å². The number of fused-ring (bicyclic) bond motifs is 1. The molecule has 188 valence electrons. The Kier molecular flexibility index (Phi) is 5.78. The standard InChI is InChI=1S/C29H34BNO5/c1-28(2)20-15-23(28)29(3)24(16-20)35-30(36-29)25(14-19-17-34-22-13-9-8-12-21(19)22)31-27(32)26(33-4)18-10-6-5-7-11-18/h5-13,17,20,23-26H,14-16H2,1-4H3,(H,31,32)/t20?,23?,24?,25-,26+,29-/m0/s1. The number of para-hydroxylation sites is 1. The van der Waals surface area contributed by atoms with Crippen LogP contribution in [-0.4, -0.2) is 37.8 Å². The minimum atomic E-state index is -0.721. The van der Waals surface area contributed by atoms with Gasteiger partial charge in [0.15, 0.2) is 6.10 Å². The number of rotatable bonds is 7. The van der Waals surface area contributed by atoms with Crippen molar-refractivity contribution in [3.63, 3.8) is 0 Å². The van der Waals surface area contributed by atoms with Crippen LogP contribution >= 0.6 is 0 Å². The number of carbonyl (C=O) groups excluding carboxylic acids is 1. The van der Waals surface area contributed by atoms with E-state index in [1.54, 1.807) is 13.4 Å². The van der Waals surface area contributed by atoms with Crippen LogP contribution in [0.1, 0.15) is 50.8 Å². The lowest BCUT2D eigenvalue weighted by Gasteiger charge is -2.64. The van der Waals surface area contributed by atoms with E-state index in [0.717, 1.165) is 28.5 Å².